The third-order valence-electron chi connectivity index (χ3n) is 8.45. The first-order chi connectivity index (χ1) is 21.9. The Kier molecular flexibility index (Phi) is 6.54. The molecule has 5 atom stereocenters. The molecule has 7 rings (SSSR count). The van der Waals surface area contributed by atoms with E-state index in [0.717, 1.165) is 18.2 Å². The van der Waals surface area contributed by atoms with Crippen molar-refractivity contribution in [1.29, 1.82) is 0 Å². The standard InChI is InChI=1S/C33H26O13/c34-16-4-1-12(7-19(16)37)30-23(41)9-15-18(36)10-21(39)26(33(15)45-30)28-27-22(40)11-24-14(3-6-25(42)44-24)32(27)46-31(29(28)43)13-2-5-17(35)20(38)8-13/h1-8,10-11,23,28-31,34-41,43H,9H2/t23-,28+,29-,30-,31-/m1/s1. The van der Waals surface area contributed by atoms with Crippen molar-refractivity contribution in [2.75, 3.05) is 0 Å². The molecule has 9 N–H and O–H groups in total. The minimum absolute atomic E-state index is 0.0372. The van der Waals surface area contributed by atoms with Crippen LogP contribution in [0.5, 0.6) is 51.7 Å². The van der Waals surface area contributed by atoms with Gasteiger partial charge in [-0.05, 0) is 41.5 Å². The first kappa shape index (κ1) is 29.0. The topological polar surface area (TPSA) is 231 Å². The van der Waals surface area contributed by atoms with Crippen molar-refractivity contribution in [2.45, 2.75) is 36.8 Å². The predicted molar refractivity (Wildman–Crippen MR) is 158 cm³/mol. The van der Waals surface area contributed by atoms with Crippen molar-refractivity contribution in [1.82, 2.24) is 0 Å². The molecular formula is C33H26O13. The van der Waals surface area contributed by atoms with Gasteiger partial charge in [-0.1, -0.05) is 12.1 Å². The van der Waals surface area contributed by atoms with Gasteiger partial charge in [0.15, 0.2) is 29.1 Å². The SMILES string of the molecule is O=c1ccc2c3c(c(O)cc2o1)[C@H](c1c(O)cc(O)c2c1O[C@H](c1ccc(O)c(O)c1)[C@H](O)C2)[C@@H](O)[C@@H](c1ccc(O)c(O)c1)O3. The fourth-order valence-electron chi connectivity index (χ4n) is 6.31. The summed E-state index contributed by atoms with van der Waals surface area (Å²) in [6.45, 7) is 0. The van der Waals surface area contributed by atoms with Gasteiger partial charge in [0.25, 0.3) is 0 Å². The maximum Gasteiger partial charge on any atom is 0.336 e. The summed E-state index contributed by atoms with van der Waals surface area (Å²) in [5.74, 6) is -4.83. The number of benzene rings is 4. The molecule has 5 aromatic rings. The second kappa shape index (κ2) is 10.4. The second-order valence-corrected chi connectivity index (χ2v) is 11.3. The molecule has 2 aliphatic heterocycles. The third-order valence-corrected chi connectivity index (χ3v) is 8.45. The maximum absolute atomic E-state index is 12.0. The molecular weight excluding hydrogens is 604 g/mol. The minimum Gasteiger partial charge on any atom is -0.507 e. The van der Waals surface area contributed by atoms with E-state index in [-0.39, 0.29) is 56.7 Å². The lowest BCUT2D eigenvalue weighted by molar-refractivity contribution is 0.00209. The van der Waals surface area contributed by atoms with Gasteiger partial charge in [0.1, 0.15) is 46.5 Å². The van der Waals surface area contributed by atoms with Gasteiger partial charge in [0.05, 0.1) is 17.4 Å². The highest BCUT2D eigenvalue weighted by Gasteiger charge is 2.46. The zero-order chi connectivity index (χ0) is 32.6. The van der Waals surface area contributed by atoms with Crippen molar-refractivity contribution < 1.29 is 59.8 Å². The van der Waals surface area contributed by atoms with E-state index < -0.39 is 76.2 Å². The zero-order valence-electron chi connectivity index (χ0n) is 23.5. The maximum atomic E-state index is 12.0. The predicted octanol–water partition coefficient (Wildman–Crippen LogP) is 3.40. The Balaban J connectivity index is 1.48. The largest absolute Gasteiger partial charge is 0.507 e. The Labute approximate surface area is 258 Å². The number of hydrogen-bond donors (Lipinski definition) is 9. The summed E-state index contributed by atoms with van der Waals surface area (Å²) in [4.78, 5) is 12.0. The number of ether oxygens (including phenoxy) is 2. The van der Waals surface area contributed by atoms with Crippen LogP contribution < -0.4 is 15.1 Å². The van der Waals surface area contributed by atoms with Crippen LogP contribution in [0.25, 0.3) is 11.0 Å². The zero-order valence-corrected chi connectivity index (χ0v) is 23.5. The Bertz CT molecular complexity index is 2100. The van der Waals surface area contributed by atoms with E-state index in [1.54, 1.807) is 0 Å². The lowest BCUT2D eigenvalue weighted by Crippen LogP contribution is -2.37. The van der Waals surface area contributed by atoms with E-state index in [4.69, 9.17) is 13.9 Å². The van der Waals surface area contributed by atoms with Gasteiger partial charge in [-0.3, -0.25) is 0 Å². The van der Waals surface area contributed by atoms with E-state index in [9.17, 15) is 50.8 Å². The Morgan fingerprint density at radius 2 is 1.17 bits per heavy atom. The molecule has 2 aliphatic rings. The minimum atomic E-state index is -1.64. The number of phenolic OH excluding ortho intramolecular Hbond substituents is 7. The van der Waals surface area contributed by atoms with Crippen LogP contribution in [0.1, 0.15) is 45.9 Å². The molecule has 3 heterocycles. The van der Waals surface area contributed by atoms with Crippen LogP contribution in [-0.2, 0) is 6.42 Å². The summed E-state index contributed by atoms with van der Waals surface area (Å²) in [5, 5.41) is 96.8. The summed E-state index contributed by atoms with van der Waals surface area (Å²) in [5.41, 5.74) is -0.387. The molecule has 0 saturated heterocycles. The highest BCUT2D eigenvalue weighted by atomic mass is 16.5. The van der Waals surface area contributed by atoms with E-state index in [1.165, 1.54) is 42.5 Å². The Morgan fingerprint density at radius 1 is 0.587 bits per heavy atom. The van der Waals surface area contributed by atoms with Gasteiger partial charge in [-0.25, -0.2) is 4.79 Å². The van der Waals surface area contributed by atoms with E-state index in [0.29, 0.717) is 0 Å². The van der Waals surface area contributed by atoms with Crippen LogP contribution in [-0.4, -0.2) is 58.2 Å². The summed E-state index contributed by atoms with van der Waals surface area (Å²) >= 11 is 0. The van der Waals surface area contributed by atoms with Crippen molar-refractivity contribution in [3.05, 3.63) is 98.9 Å². The molecule has 0 amide bonds. The summed E-state index contributed by atoms with van der Waals surface area (Å²) < 4.78 is 17.7. The number of phenols is 7. The van der Waals surface area contributed by atoms with Gasteiger partial charge in [0, 0.05) is 41.3 Å². The molecule has 1 aromatic heterocycles. The number of fused-ring (bicyclic) bond motifs is 4. The van der Waals surface area contributed by atoms with Crippen molar-refractivity contribution in [2.24, 2.45) is 0 Å². The normalized spacial score (nSPS) is 22.0. The quantitative estimate of drug-likeness (QED) is 0.103. The summed E-state index contributed by atoms with van der Waals surface area (Å²) in [6, 6.07) is 12.2. The van der Waals surface area contributed by atoms with Gasteiger partial charge in [0.2, 0.25) is 0 Å². The smallest absolute Gasteiger partial charge is 0.336 e. The molecule has 0 aliphatic carbocycles. The Hall–Kier alpha value is -5.79. The van der Waals surface area contributed by atoms with Crippen LogP contribution in [0.15, 0.2) is 69.9 Å². The van der Waals surface area contributed by atoms with Crippen LogP contribution in [0.2, 0.25) is 0 Å². The molecule has 236 valence electrons. The molecule has 0 fully saturated rings. The third kappa shape index (κ3) is 4.44. The molecule has 0 bridgehead atoms. The Morgan fingerprint density at radius 3 is 1.83 bits per heavy atom. The fraction of sp³-hybridized carbons (Fsp3) is 0.182. The number of aliphatic hydroxyl groups excluding tert-OH is 2. The molecule has 0 unspecified atom stereocenters. The molecule has 4 aromatic carbocycles. The van der Waals surface area contributed by atoms with Crippen molar-refractivity contribution in [3.8, 4) is 51.7 Å². The van der Waals surface area contributed by atoms with Crippen LogP contribution >= 0.6 is 0 Å². The average Bonchev–Trinajstić information content (AvgIpc) is 3.00. The molecule has 0 radical (unpaired) electrons. The number of aromatic hydroxyl groups is 7. The van der Waals surface area contributed by atoms with Crippen molar-refractivity contribution in [3.63, 3.8) is 0 Å². The molecule has 13 nitrogen and oxygen atoms in total. The average molecular weight is 631 g/mol. The van der Waals surface area contributed by atoms with Gasteiger partial charge < -0.3 is 59.8 Å². The van der Waals surface area contributed by atoms with Crippen LogP contribution in [0.4, 0.5) is 0 Å². The highest BCUT2D eigenvalue weighted by Crippen LogP contribution is 2.58. The number of aliphatic hydroxyl groups is 2. The lowest BCUT2D eigenvalue weighted by Gasteiger charge is -2.40. The van der Waals surface area contributed by atoms with E-state index >= 15 is 0 Å². The second-order valence-electron chi connectivity index (χ2n) is 11.3. The first-order valence-corrected chi connectivity index (χ1v) is 14.0. The lowest BCUT2D eigenvalue weighted by atomic mass is 9.77. The fourth-order valence-corrected chi connectivity index (χ4v) is 6.31. The van der Waals surface area contributed by atoms with Crippen molar-refractivity contribution >= 4 is 11.0 Å². The number of hydrogen-bond acceptors (Lipinski definition) is 13. The van der Waals surface area contributed by atoms with Crippen LogP contribution in [0, 0.1) is 0 Å². The molecule has 0 spiro atoms. The summed E-state index contributed by atoms with van der Waals surface area (Å²) in [6.07, 6.45) is -5.60. The number of rotatable bonds is 3. The highest BCUT2D eigenvalue weighted by molar-refractivity contribution is 5.88. The van der Waals surface area contributed by atoms with Gasteiger partial charge >= 0.3 is 5.63 Å². The van der Waals surface area contributed by atoms with Crippen LogP contribution in [0.3, 0.4) is 0 Å². The molecule has 0 saturated carbocycles. The first-order valence-electron chi connectivity index (χ1n) is 14.0. The van der Waals surface area contributed by atoms with Gasteiger partial charge in [-0.15, -0.1) is 0 Å². The van der Waals surface area contributed by atoms with E-state index in [2.05, 4.69) is 0 Å². The summed E-state index contributed by atoms with van der Waals surface area (Å²) in [7, 11) is 0. The molecule has 13 heteroatoms. The van der Waals surface area contributed by atoms with E-state index in [1.807, 2.05) is 0 Å². The van der Waals surface area contributed by atoms with Gasteiger partial charge in [-0.2, -0.15) is 0 Å². The molecule has 46 heavy (non-hydrogen) atoms. The monoisotopic (exact) mass is 630 g/mol.